The number of pyridine rings is 1. The van der Waals surface area contributed by atoms with Crippen molar-refractivity contribution >= 4 is 17.7 Å². The van der Waals surface area contributed by atoms with Crippen molar-refractivity contribution in [3.05, 3.63) is 88.6 Å². The second-order valence-corrected chi connectivity index (χ2v) is 9.30. The summed E-state index contributed by atoms with van der Waals surface area (Å²) in [5.41, 5.74) is 6.05. The Morgan fingerprint density at radius 3 is 2.58 bits per heavy atom. The highest BCUT2D eigenvalue weighted by atomic mass is 16.2. The first-order valence-electron chi connectivity index (χ1n) is 11.8. The Balaban J connectivity index is 1.29. The topological polar surface area (TPSA) is 106 Å². The highest BCUT2D eigenvalue weighted by molar-refractivity contribution is 6.05. The Bertz CT molecular complexity index is 1390. The van der Waals surface area contributed by atoms with E-state index in [1.807, 2.05) is 55.6 Å². The number of nitrogens with one attached hydrogen (secondary N) is 1. The van der Waals surface area contributed by atoms with Crippen molar-refractivity contribution in [2.45, 2.75) is 38.5 Å². The van der Waals surface area contributed by atoms with Crippen LogP contribution < -0.4 is 5.32 Å². The van der Waals surface area contributed by atoms with Crippen LogP contribution in [0.1, 0.15) is 45.5 Å². The molecule has 2 aliphatic heterocycles. The lowest BCUT2D eigenvalue weighted by molar-refractivity contribution is -0.136. The molecule has 0 saturated carbocycles. The highest BCUT2D eigenvalue weighted by Gasteiger charge is 2.39. The SMILES string of the molecule is CN(Cc1ccc(C#N)cc1)Cc1ccnc(-c2ccc3c(c2)CN(C2CCC(=O)NC2=O)C3=O)c1. The number of rotatable bonds is 6. The summed E-state index contributed by atoms with van der Waals surface area (Å²) in [6, 6.07) is 18.8. The minimum absolute atomic E-state index is 0.183. The molecule has 1 N–H and O–H groups in total. The van der Waals surface area contributed by atoms with E-state index in [0.29, 0.717) is 24.1 Å². The average molecular weight is 480 g/mol. The average Bonchev–Trinajstić information content (AvgIpc) is 3.20. The molecule has 8 heteroatoms. The van der Waals surface area contributed by atoms with E-state index >= 15 is 0 Å². The molecule has 1 atom stereocenters. The molecule has 36 heavy (non-hydrogen) atoms. The largest absolute Gasteiger partial charge is 0.322 e. The summed E-state index contributed by atoms with van der Waals surface area (Å²) < 4.78 is 0. The number of imide groups is 1. The first-order valence-corrected chi connectivity index (χ1v) is 11.8. The molecule has 5 rings (SSSR count). The van der Waals surface area contributed by atoms with Crippen LogP contribution in [0.4, 0.5) is 0 Å². The smallest absolute Gasteiger partial charge is 0.255 e. The second-order valence-electron chi connectivity index (χ2n) is 9.30. The van der Waals surface area contributed by atoms with Crippen molar-refractivity contribution in [2.24, 2.45) is 0 Å². The van der Waals surface area contributed by atoms with Gasteiger partial charge in [-0.2, -0.15) is 5.26 Å². The van der Waals surface area contributed by atoms with Gasteiger partial charge in [0.15, 0.2) is 0 Å². The summed E-state index contributed by atoms with van der Waals surface area (Å²) in [6.45, 7) is 1.81. The van der Waals surface area contributed by atoms with Gasteiger partial charge in [0, 0.05) is 43.4 Å². The van der Waals surface area contributed by atoms with Crippen LogP contribution in [0, 0.1) is 11.3 Å². The van der Waals surface area contributed by atoms with Gasteiger partial charge in [0.2, 0.25) is 11.8 Å². The van der Waals surface area contributed by atoms with E-state index in [-0.39, 0.29) is 18.2 Å². The zero-order valence-electron chi connectivity index (χ0n) is 19.9. The number of aromatic nitrogens is 1. The number of piperidine rings is 1. The van der Waals surface area contributed by atoms with Crippen LogP contribution in [-0.2, 0) is 29.2 Å². The summed E-state index contributed by atoms with van der Waals surface area (Å²) in [4.78, 5) is 45.0. The molecule has 3 aromatic rings. The molecule has 0 radical (unpaired) electrons. The third-order valence-electron chi connectivity index (χ3n) is 6.63. The second kappa shape index (κ2) is 9.72. The third kappa shape index (κ3) is 4.74. The van der Waals surface area contributed by atoms with Crippen LogP contribution in [-0.4, -0.2) is 45.6 Å². The summed E-state index contributed by atoms with van der Waals surface area (Å²) >= 11 is 0. The molecule has 1 unspecified atom stereocenters. The number of nitriles is 1. The van der Waals surface area contributed by atoms with Gasteiger partial charge in [-0.1, -0.05) is 18.2 Å². The van der Waals surface area contributed by atoms with Crippen LogP contribution in [0.5, 0.6) is 0 Å². The Morgan fingerprint density at radius 2 is 1.83 bits per heavy atom. The van der Waals surface area contributed by atoms with Crippen LogP contribution in [0.2, 0.25) is 0 Å². The first kappa shape index (κ1) is 23.4. The fraction of sp³-hybridized carbons (Fsp3) is 0.250. The van der Waals surface area contributed by atoms with Crippen LogP contribution in [0.15, 0.2) is 60.8 Å². The number of nitrogens with zero attached hydrogens (tertiary/aromatic N) is 4. The number of carbonyl (C=O) groups is 3. The van der Waals surface area contributed by atoms with Crippen molar-refractivity contribution in [3.8, 4) is 17.3 Å². The highest BCUT2D eigenvalue weighted by Crippen LogP contribution is 2.31. The zero-order valence-corrected chi connectivity index (χ0v) is 19.9. The normalized spacial score (nSPS) is 17.2. The van der Waals surface area contributed by atoms with Gasteiger partial charge >= 0.3 is 0 Å². The molecule has 0 aliphatic carbocycles. The summed E-state index contributed by atoms with van der Waals surface area (Å²) in [5, 5.41) is 11.3. The Labute approximate surface area is 209 Å². The van der Waals surface area contributed by atoms with Crippen molar-refractivity contribution in [1.29, 1.82) is 5.26 Å². The van der Waals surface area contributed by atoms with Crippen molar-refractivity contribution in [2.75, 3.05) is 7.05 Å². The van der Waals surface area contributed by atoms with Gasteiger partial charge < -0.3 is 4.90 Å². The molecular weight excluding hydrogens is 454 g/mol. The predicted molar refractivity (Wildman–Crippen MR) is 132 cm³/mol. The van der Waals surface area contributed by atoms with Gasteiger partial charge in [-0.05, 0) is 66.6 Å². The summed E-state index contributed by atoms with van der Waals surface area (Å²) in [6.07, 6.45) is 2.36. The molecule has 180 valence electrons. The number of fused-ring (bicyclic) bond motifs is 1. The quantitative estimate of drug-likeness (QED) is 0.545. The fourth-order valence-electron chi connectivity index (χ4n) is 4.83. The minimum Gasteiger partial charge on any atom is -0.322 e. The summed E-state index contributed by atoms with van der Waals surface area (Å²) in [7, 11) is 2.04. The standard InChI is InChI=1S/C28H25N5O3/c1-32(15-19-4-2-18(14-29)3-5-19)16-20-10-11-30-24(12-20)21-6-7-23-22(13-21)17-33(28(23)36)25-8-9-26(34)31-27(25)35/h2-7,10-13,25H,8-9,15-17H2,1H3,(H,31,34,35). The van der Waals surface area contributed by atoms with Gasteiger partial charge in [-0.25, -0.2) is 0 Å². The van der Waals surface area contributed by atoms with Crippen molar-refractivity contribution < 1.29 is 14.4 Å². The van der Waals surface area contributed by atoms with Crippen molar-refractivity contribution in [3.63, 3.8) is 0 Å². The van der Waals surface area contributed by atoms with Crippen LogP contribution in [0.3, 0.4) is 0 Å². The van der Waals surface area contributed by atoms with E-state index in [2.05, 4.69) is 21.3 Å². The lowest BCUT2D eigenvalue weighted by Gasteiger charge is -2.29. The number of benzene rings is 2. The van der Waals surface area contributed by atoms with Gasteiger partial charge in [0.05, 0.1) is 17.3 Å². The van der Waals surface area contributed by atoms with Crippen molar-refractivity contribution in [1.82, 2.24) is 20.1 Å². The fourth-order valence-corrected chi connectivity index (χ4v) is 4.83. The number of hydrogen-bond acceptors (Lipinski definition) is 6. The van der Waals surface area contributed by atoms with E-state index in [9.17, 15) is 14.4 Å². The van der Waals surface area contributed by atoms with Gasteiger partial charge in [0.1, 0.15) is 6.04 Å². The molecule has 0 spiro atoms. The maximum absolute atomic E-state index is 13.0. The molecule has 8 nitrogen and oxygen atoms in total. The number of carbonyl (C=O) groups excluding carboxylic acids is 3. The molecule has 3 amide bonds. The lowest BCUT2D eigenvalue weighted by atomic mass is 10.0. The Kier molecular flexibility index (Phi) is 6.32. The number of hydrogen-bond donors (Lipinski definition) is 1. The molecular formula is C28H25N5O3. The third-order valence-corrected chi connectivity index (χ3v) is 6.63. The maximum atomic E-state index is 13.0. The van der Waals surface area contributed by atoms with Crippen LogP contribution >= 0.6 is 0 Å². The van der Waals surface area contributed by atoms with E-state index in [0.717, 1.165) is 41.0 Å². The summed E-state index contributed by atoms with van der Waals surface area (Å²) in [5.74, 6) is -0.888. The molecule has 1 saturated heterocycles. The molecule has 0 bridgehead atoms. The van der Waals surface area contributed by atoms with E-state index in [1.54, 1.807) is 17.2 Å². The zero-order chi connectivity index (χ0) is 25.2. The Morgan fingerprint density at radius 1 is 1.06 bits per heavy atom. The first-order chi connectivity index (χ1) is 17.4. The minimum atomic E-state index is -0.626. The van der Waals surface area contributed by atoms with E-state index in [1.165, 1.54) is 0 Å². The van der Waals surface area contributed by atoms with Gasteiger partial charge in [-0.3, -0.25) is 29.6 Å². The van der Waals surface area contributed by atoms with E-state index in [4.69, 9.17) is 5.26 Å². The molecule has 2 aromatic carbocycles. The molecule has 1 fully saturated rings. The monoisotopic (exact) mass is 479 g/mol. The number of amides is 3. The molecule has 3 heterocycles. The molecule has 2 aliphatic rings. The lowest BCUT2D eigenvalue weighted by Crippen LogP contribution is -2.52. The van der Waals surface area contributed by atoms with Crippen LogP contribution in [0.25, 0.3) is 11.3 Å². The van der Waals surface area contributed by atoms with Gasteiger partial charge in [-0.15, -0.1) is 0 Å². The van der Waals surface area contributed by atoms with E-state index < -0.39 is 11.9 Å². The predicted octanol–water partition coefficient (Wildman–Crippen LogP) is 3.01. The van der Waals surface area contributed by atoms with Gasteiger partial charge in [0.25, 0.3) is 5.91 Å². The Hall–Kier alpha value is -4.35. The maximum Gasteiger partial charge on any atom is 0.255 e. The molecule has 1 aromatic heterocycles.